The second-order valence-electron chi connectivity index (χ2n) is 5.37. The van der Waals surface area contributed by atoms with Crippen LogP contribution in [0.25, 0.3) is 0 Å². The molecule has 1 aromatic rings. The molecule has 0 aliphatic carbocycles. The second-order valence-corrected chi connectivity index (χ2v) is 5.37. The Morgan fingerprint density at radius 2 is 1.47 bits per heavy atom. The molecule has 0 N–H and O–H groups in total. The maximum atomic E-state index is 4.59. The van der Waals surface area contributed by atoms with Crippen LogP contribution in [0.15, 0.2) is 17.1 Å². The molecular weight excluding hydrogens is 182 g/mol. The molecule has 0 aliphatic heterocycles. The van der Waals surface area contributed by atoms with Gasteiger partial charge in [0, 0.05) is 6.21 Å². The van der Waals surface area contributed by atoms with Gasteiger partial charge in [-0.1, -0.05) is 38.5 Å². The molecule has 0 saturated heterocycles. The summed E-state index contributed by atoms with van der Waals surface area (Å²) < 4.78 is 0. The predicted octanol–water partition coefficient (Wildman–Crippen LogP) is 4.36. The molecule has 0 heterocycles. The van der Waals surface area contributed by atoms with Gasteiger partial charge < -0.3 is 0 Å². The Morgan fingerprint density at radius 3 is 1.87 bits per heavy atom. The molecule has 0 atom stereocenters. The van der Waals surface area contributed by atoms with Crippen LogP contribution in [0, 0.1) is 26.2 Å². The van der Waals surface area contributed by atoms with E-state index in [1.165, 1.54) is 16.7 Å². The lowest BCUT2D eigenvalue weighted by Crippen LogP contribution is -2.05. The van der Waals surface area contributed by atoms with Crippen molar-refractivity contribution in [2.45, 2.75) is 41.5 Å². The molecule has 0 unspecified atom stereocenters. The Hall–Kier alpha value is -1.11. The predicted molar refractivity (Wildman–Crippen MR) is 68.3 cm³/mol. The van der Waals surface area contributed by atoms with Crippen molar-refractivity contribution in [1.82, 2.24) is 0 Å². The van der Waals surface area contributed by atoms with Gasteiger partial charge in [0.15, 0.2) is 0 Å². The van der Waals surface area contributed by atoms with Crippen LogP contribution >= 0.6 is 0 Å². The van der Waals surface area contributed by atoms with Gasteiger partial charge in [-0.2, -0.15) is 0 Å². The Labute approximate surface area is 93.2 Å². The Bertz CT molecular complexity index is 358. The van der Waals surface area contributed by atoms with Crippen LogP contribution in [0.4, 0.5) is 5.69 Å². The summed E-state index contributed by atoms with van der Waals surface area (Å²) in [7, 11) is 0. The van der Waals surface area contributed by atoms with Gasteiger partial charge >= 0.3 is 0 Å². The highest BCUT2D eigenvalue weighted by Crippen LogP contribution is 2.25. The fourth-order valence-corrected chi connectivity index (χ4v) is 1.63. The lowest BCUT2D eigenvalue weighted by atomic mass is 9.98. The van der Waals surface area contributed by atoms with E-state index in [1.54, 1.807) is 0 Å². The molecule has 82 valence electrons. The van der Waals surface area contributed by atoms with E-state index >= 15 is 0 Å². The molecule has 0 saturated carbocycles. The quantitative estimate of drug-likeness (QED) is 0.601. The number of aliphatic imine (C=N–C) groups is 1. The Balaban J connectivity index is 3.11. The standard InChI is InChI=1S/C14H21N/c1-10-7-11(2)13(12(3)8-10)15-9-14(4,5)6/h7-9H,1-6H3. The van der Waals surface area contributed by atoms with Crippen molar-refractivity contribution in [2.75, 3.05) is 0 Å². The van der Waals surface area contributed by atoms with Crippen molar-refractivity contribution < 1.29 is 0 Å². The Kier molecular flexibility index (Phi) is 3.33. The summed E-state index contributed by atoms with van der Waals surface area (Å²) >= 11 is 0. The number of rotatable bonds is 1. The van der Waals surface area contributed by atoms with Crippen molar-refractivity contribution >= 4 is 11.9 Å². The van der Waals surface area contributed by atoms with Gasteiger partial charge in [0.2, 0.25) is 0 Å². The van der Waals surface area contributed by atoms with Crippen LogP contribution in [0.1, 0.15) is 37.5 Å². The van der Waals surface area contributed by atoms with Crippen molar-refractivity contribution in [3.63, 3.8) is 0 Å². The molecule has 0 radical (unpaired) electrons. The number of nitrogens with zero attached hydrogens (tertiary/aromatic N) is 1. The minimum atomic E-state index is 0.143. The van der Waals surface area contributed by atoms with Gasteiger partial charge in [0.1, 0.15) is 0 Å². The van der Waals surface area contributed by atoms with Crippen LogP contribution in [0.2, 0.25) is 0 Å². The average Bonchev–Trinajstić information content (AvgIpc) is 1.99. The second kappa shape index (κ2) is 4.18. The van der Waals surface area contributed by atoms with Gasteiger partial charge in [-0.25, -0.2) is 0 Å². The fourth-order valence-electron chi connectivity index (χ4n) is 1.63. The lowest BCUT2D eigenvalue weighted by molar-refractivity contribution is 0.607. The van der Waals surface area contributed by atoms with Gasteiger partial charge in [-0.3, -0.25) is 4.99 Å². The van der Waals surface area contributed by atoms with E-state index < -0.39 is 0 Å². The first kappa shape index (κ1) is 12.0. The van der Waals surface area contributed by atoms with Crippen LogP contribution in [0.3, 0.4) is 0 Å². The summed E-state index contributed by atoms with van der Waals surface area (Å²) in [6.07, 6.45) is 2.03. The molecule has 1 aromatic carbocycles. The zero-order valence-corrected chi connectivity index (χ0v) is 10.7. The first-order valence-electron chi connectivity index (χ1n) is 5.43. The van der Waals surface area contributed by atoms with Gasteiger partial charge in [0.05, 0.1) is 5.69 Å². The molecule has 0 spiro atoms. The average molecular weight is 203 g/mol. The van der Waals surface area contributed by atoms with Gasteiger partial charge in [-0.15, -0.1) is 0 Å². The molecule has 0 aromatic heterocycles. The van der Waals surface area contributed by atoms with Crippen molar-refractivity contribution in [2.24, 2.45) is 10.4 Å². The highest BCUT2D eigenvalue weighted by atomic mass is 14.7. The summed E-state index contributed by atoms with van der Waals surface area (Å²) in [5.41, 5.74) is 5.08. The first-order valence-corrected chi connectivity index (χ1v) is 5.43. The first-order chi connectivity index (χ1) is 6.79. The summed E-state index contributed by atoms with van der Waals surface area (Å²) in [4.78, 5) is 4.59. The molecule has 15 heavy (non-hydrogen) atoms. The summed E-state index contributed by atoms with van der Waals surface area (Å²) in [6.45, 7) is 12.8. The molecule has 0 amide bonds. The smallest absolute Gasteiger partial charge is 0.0684 e. The van der Waals surface area contributed by atoms with E-state index in [9.17, 15) is 0 Å². The zero-order chi connectivity index (χ0) is 11.6. The molecular formula is C14H21N. The maximum absolute atomic E-state index is 4.59. The largest absolute Gasteiger partial charge is 0.260 e. The summed E-state index contributed by atoms with van der Waals surface area (Å²) in [5, 5.41) is 0. The van der Waals surface area contributed by atoms with Gasteiger partial charge in [-0.05, 0) is 37.3 Å². The molecule has 1 heteroatoms. The third-order valence-corrected chi connectivity index (χ3v) is 2.22. The van der Waals surface area contributed by atoms with E-state index in [4.69, 9.17) is 0 Å². The topological polar surface area (TPSA) is 12.4 Å². The number of hydrogen-bond acceptors (Lipinski definition) is 1. The zero-order valence-electron chi connectivity index (χ0n) is 10.7. The number of benzene rings is 1. The lowest BCUT2D eigenvalue weighted by Gasteiger charge is -2.12. The van der Waals surface area contributed by atoms with Crippen molar-refractivity contribution in [3.8, 4) is 0 Å². The van der Waals surface area contributed by atoms with Crippen LogP contribution < -0.4 is 0 Å². The fraction of sp³-hybridized carbons (Fsp3) is 0.500. The van der Waals surface area contributed by atoms with Crippen molar-refractivity contribution in [3.05, 3.63) is 28.8 Å². The highest BCUT2D eigenvalue weighted by Gasteiger charge is 2.07. The Morgan fingerprint density at radius 1 is 1.00 bits per heavy atom. The third-order valence-electron chi connectivity index (χ3n) is 2.22. The monoisotopic (exact) mass is 203 g/mol. The van der Waals surface area contributed by atoms with E-state index in [-0.39, 0.29) is 5.41 Å². The minimum absolute atomic E-state index is 0.143. The van der Waals surface area contributed by atoms with Crippen LogP contribution in [-0.2, 0) is 0 Å². The third kappa shape index (κ3) is 3.50. The van der Waals surface area contributed by atoms with Crippen molar-refractivity contribution in [1.29, 1.82) is 0 Å². The van der Waals surface area contributed by atoms with E-state index in [1.807, 2.05) is 6.21 Å². The molecule has 0 bridgehead atoms. The molecule has 0 fully saturated rings. The van der Waals surface area contributed by atoms with E-state index in [0.717, 1.165) is 5.69 Å². The van der Waals surface area contributed by atoms with E-state index in [2.05, 4.69) is 58.7 Å². The molecule has 1 rings (SSSR count). The summed E-state index contributed by atoms with van der Waals surface area (Å²) in [5.74, 6) is 0. The number of aryl methyl sites for hydroxylation is 3. The van der Waals surface area contributed by atoms with Crippen LogP contribution in [0.5, 0.6) is 0 Å². The molecule has 0 aliphatic rings. The SMILES string of the molecule is Cc1cc(C)c(N=CC(C)(C)C)c(C)c1. The minimum Gasteiger partial charge on any atom is -0.260 e. The molecule has 1 nitrogen and oxygen atoms in total. The van der Waals surface area contributed by atoms with Gasteiger partial charge in [0.25, 0.3) is 0 Å². The maximum Gasteiger partial charge on any atom is 0.0684 e. The highest BCUT2D eigenvalue weighted by molar-refractivity contribution is 5.71. The number of hydrogen-bond donors (Lipinski definition) is 0. The summed E-state index contributed by atoms with van der Waals surface area (Å²) in [6, 6.07) is 4.37. The normalized spacial score (nSPS) is 12.4. The van der Waals surface area contributed by atoms with E-state index in [0.29, 0.717) is 0 Å². The van der Waals surface area contributed by atoms with Crippen LogP contribution in [-0.4, -0.2) is 6.21 Å².